The largest absolute Gasteiger partial charge is 0.454 e. The van der Waals surface area contributed by atoms with Crippen molar-refractivity contribution in [3.05, 3.63) is 23.8 Å². The molecule has 1 aliphatic heterocycles. The quantitative estimate of drug-likeness (QED) is 0.919. The second-order valence-corrected chi connectivity index (χ2v) is 6.36. The molecular weight excluding hydrogens is 284 g/mol. The second-order valence-electron chi connectivity index (χ2n) is 6.36. The van der Waals surface area contributed by atoms with Crippen molar-refractivity contribution in [3.8, 4) is 11.5 Å². The number of benzene rings is 1. The smallest absolute Gasteiger partial charge is 0.240 e. The molecule has 0 saturated carbocycles. The zero-order valence-corrected chi connectivity index (χ0v) is 13.4. The van der Waals surface area contributed by atoms with Gasteiger partial charge >= 0.3 is 0 Å². The molecule has 1 heterocycles. The molecule has 22 heavy (non-hydrogen) atoms. The standard InChI is InChI=1S/C16H22N2O4/c1-11(19)18(9-15(20)17-16(2,3)4)8-12-5-6-13-14(7-12)22-10-21-13/h5-7H,8-10H2,1-4H3,(H,17,20). The number of nitrogens with zero attached hydrogens (tertiary/aromatic N) is 1. The minimum absolute atomic E-state index is 0.0288. The first-order chi connectivity index (χ1) is 10.2. The summed E-state index contributed by atoms with van der Waals surface area (Å²) in [5.74, 6) is 1.04. The molecule has 0 saturated heterocycles. The van der Waals surface area contributed by atoms with Crippen LogP contribution in [-0.4, -0.2) is 35.6 Å². The highest BCUT2D eigenvalue weighted by molar-refractivity contribution is 5.84. The van der Waals surface area contributed by atoms with Crippen LogP contribution in [0.4, 0.5) is 0 Å². The zero-order chi connectivity index (χ0) is 16.3. The van der Waals surface area contributed by atoms with E-state index in [9.17, 15) is 9.59 Å². The third kappa shape index (κ3) is 4.38. The summed E-state index contributed by atoms with van der Waals surface area (Å²) in [6.07, 6.45) is 0. The molecule has 0 aromatic heterocycles. The van der Waals surface area contributed by atoms with Crippen LogP contribution in [0, 0.1) is 0 Å². The van der Waals surface area contributed by atoms with Crippen LogP contribution in [0.15, 0.2) is 18.2 Å². The molecule has 1 aromatic rings. The lowest BCUT2D eigenvalue weighted by atomic mass is 10.1. The van der Waals surface area contributed by atoms with Crippen LogP contribution in [0.3, 0.4) is 0 Å². The van der Waals surface area contributed by atoms with Gasteiger partial charge in [-0.05, 0) is 38.5 Å². The van der Waals surface area contributed by atoms with Crippen LogP contribution < -0.4 is 14.8 Å². The molecule has 6 nitrogen and oxygen atoms in total. The van der Waals surface area contributed by atoms with Crippen LogP contribution >= 0.6 is 0 Å². The fourth-order valence-corrected chi connectivity index (χ4v) is 2.17. The van der Waals surface area contributed by atoms with Gasteiger partial charge in [-0.3, -0.25) is 9.59 Å². The third-order valence-corrected chi connectivity index (χ3v) is 3.10. The number of hydrogen-bond donors (Lipinski definition) is 1. The van der Waals surface area contributed by atoms with Gasteiger partial charge in [0.2, 0.25) is 18.6 Å². The lowest BCUT2D eigenvalue weighted by molar-refractivity contribution is -0.135. The summed E-state index contributed by atoms with van der Waals surface area (Å²) in [4.78, 5) is 25.3. The number of amides is 2. The molecule has 0 unspecified atom stereocenters. The molecule has 1 aliphatic rings. The van der Waals surface area contributed by atoms with Crippen molar-refractivity contribution >= 4 is 11.8 Å². The number of rotatable bonds is 4. The van der Waals surface area contributed by atoms with Gasteiger partial charge in [-0.1, -0.05) is 6.07 Å². The zero-order valence-electron chi connectivity index (χ0n) is 13.4. The van der Waals surface area contributed by atoms with E-state index in [2.05, 4.69) is 5.32 Å². The molecule has 1 N–H and O–H groups in total. The van der Waals surface area contributed by atoms with Gasteiger partial charge in [-0.2, -0.15) is 0 Å². The Morgan fingerprint density at radius 3 is 2.55 bits per heavy atom. The van der Waals surface area contributed by atoms with Gasteiger partial charge in [-0.25, -0.2) is 0 Å². The maximum atomic E-state index is 12.0. The Balaban J connectivity index is 2.03. The van der Waals surface area contributed by atoms with Crippen molar-refractivity contribution in [2.45, 2.75) is 39.8 Å². The maximum Gasteiger partial charge on any atom is 0.240 e. The van der Waals surface area contributed by atoms with Crippen molar-refractivity contribution in [2.24, 2.45) is 0 Å². The maximum absolute atomic E-state index is 12.0. The Morgan fingerprint density at radius 2 is 1.91 bits per heavy atom. The van der Waals surface area contributed by atoms with Crippen molar-refractivity contribution in [1.29, 1.82) is 0 Å². The molecule has 0 radical (unpaired) electrons. The van der Waals surface area contributed by atoms with E-state index >= 15 is 0 Å². The molecule has 0 atom stereocenters. The first kappa shape index (κ1) is 16.1. The minimum Gasteiger partial charge on any atom is -0.454 e. The Kier molecular flexibility index (Phi) is 4.59. The number of fused-ring (bicyclic) bond motifs is 1. The number of carbonyl (C=O) groups excluding carboxylic acids is 2. The fraction of sp³-hybridized carbons (Fsp3) is 0.500. The van der Waals surface area contributed by atoms with E-state index < -0.39 is 0 Å². The molecule has 0 spiro atoms. The fourth-order valence-electron chi connectivity index (χ4n) is 2.17. The summed E-state index contributed by atoms with van der Waals surface area (Å²) in [6.45, 7) is 7.76. The highest BCUT2D eigenvalue weighted by atomic mass is 16.7. The summed E-state index contributed by atoms with van der Waals surface area (Å²) < 4.78 is 10.6. The molecule has 6 heteroatoms. The summed E-state index contributed by atoms with van der Waals surface area (Å²) in [6, 6.07) is 5.51. The highest BCUT2D eigenvalue weighted by Crippen LogP contribution is 2.32. The normalized spacial score (nSPS) is 12.9. The van der Waals surface area contributed by atoms with E-state index in [1.165, 1.54) is 11.8 Å². The predicted molar refractivity (Wildman–Crippen MR) is 81.6 cm³/mol. The number of carbonyl (C=O) groups is 2. The lowest BCUT2D eigenvalue weighted by Crippen LogP contribution is -2.46. The van der Waals surface area contributed by atoms with E-state index in [1.54, 1.807) is 0 Å². The summed E-state index contributed by atoms with van der Waals surface area (Å²) in [5, 5.41) is 2.85. The van der Waals surface area contributed by atoms with Gasteiger partial charge in [-0.15, -0.1) is 0 Å². The number of hydrogen-bond acceptors (Lipinski definition) is 4. The SMILES string of the molecule is CC(=O)N(CC(=O)NC(C)(C)C)Cc1ccc2c(c1)OCO2. The molecule has 2 rings (SSSR count). The van der Waals surface area contributed by atoms with E-state index in [0.717, 1.165) is 5.56 Å². The van der Waals surface area contributed by atoms with Crippen molar-refractivity contribution in [1.82, 2.24) is 10.2 Å². The van der Waals surface area contributed by atoms with Crippen LogP contribution in [0.25, 0.3) is 0 Å². The van der Waals surface area contributed by atoms with Crippen molar-refractivity contribution < 1.29 is 19.1 Å². The van der Waals surface area contributed by atoms with Gasteiger partial charge in [0, 0.05) is 19.0 Å². The minimum atomic E-state index is -0.321. The monoisotopic (exact) mass is 306 g/mol. The summed E-state index contributed by atoms with van der Waals surface area (Å²) in [7, 11) is 0. The van der Waals surface area contributed by atoms with Crippen LogP contribution in [0.2, 0.25) is 0 Å². The molecule has 0 aliphatic carbocycles. The van der Waals surface area contributed by atoms with Crippen LogP contribution in [-0.2, 0) is 16.1 Å². The Morgan fingerprint density at radius 1 is 1.23 bits per heavy atom. The lowest BCUT2D eigenvalue weighted by Gasteiger charge is -2.25. The molecule has 120 valence electrons. The topological polar surface area (TPSA) is 67.9 Å². The average Bonchev–Trinajstić information content (AvgIpc) is 2.82. The Hall–Kier alpha value is -2.24. The predicted octanol–water partition coefficient (Wildman–Crippen LogP) is 1.68. The van der Waals surface area contributed by atoms with E-state index in [1.807, 2.05) is 39.0 Å². The summed E-state index contributed by atoms with van der Waals surface area (Å²) >= 11 is 0. The van der Waals surface area contributed by atoms with E-state index in [0.29, 0.717) is 18.0 Å². The van der Waals surface area contributed by atoms with Crippen LogP contribution in [0.1, 0.15) is 33.3 Å². The Bertz CT molecular complexity index is 578. The van der Waals surface area contributed by atoms with Crippen molar-refractivity contribution in [2.75, 3.05) is 13.3 Å². The highest BCUT2D eigenvalue weighted by Gasteiger charge is 2.20. The molecule has 0 bridgehead atoms. The number of ether oxygens (including phenoxy) is 2. The molecule has 1 aromatic carbocycles. The van der Waals surface area contributed by atoms with Gasteiger partial charge in [0.05, 0.1) is 6.54 Å². The Labute approximate surface area is 130 Å². The molecular formula is C16H22N2O4. The second kappa shape index (κ2) is 6.25. The molecule has 0 fully saturated rings. The van der Waals surface area contributed by atoms with Crippen LogP contribution in [0.5, 0.6) is 11.5 Å². The first-order valence-electron chi connectivity index (χ1n) is 7.20. The van der Waals surface area contributed by atoms with E-state index in [-0.39, 0.29) is 30.7 Å². The number of nitrogens with one attached hydrogen (secondary N) is 1. The van der Waals surface area contributed by atoms with Gasteiger partial charge in [0.25, 0.3) is 0 Å². The first-order valence-corrected chi connectivity index (χ1v) is 7.20. The van der Waals surface area contributed by atoms with Crippen molar-refractivity contribution in [3.63, 3.8) is 0 Å². The summed E-state index contributed by atoms with van der Waals surface area (Å²) in [5.41, 5.74) is 0.571. The molecule has 2 amide bonds. The third-order valence-electron chi connectivity index (χ3n) is 3.10. The van der Waals surface area contributed by atoms with Gasteiger partial charge in [0.1, 0.15) is 0 Å². The van der Waals surface area contributed by atoms with E-state index in [4.69, 9.17) is 9.47 Å². The van der Waals surface area contributed by atoms with Gasteiger partial charge in [0.15, 0.2) is 11.5 Å². The van der Waals surface area contributed by atoms with Gasteiger partial charge < -0.3 is 19.7 Å². The average molecular weight is 306 g/mol.